The lowest BCUT2D eigenvalue weighted by atomic mass is 10.1. The van der Waals surface area contributed by atoms with Crippen molar-refractivity contribution in [3.05, 3.63) is 54.0 Å². The van der Waals surface area contributed by atoms with Crippen molar-refractivity contribution in [2.45, 2.75) is 0 Å². The normalized spacial score (nSPS) is 11.0. The van der Waals surface area contributed by atoms with E-state index in [1.165, 1.54) is 24.7 Å². The van der Waals surface area contributed by atoms with Gasteiger partial charge >= 0.3 is 0 Å². The summed E-state index contributed by atoms with van der Waals surface area (Å²) >= 11 is 0. The van der Waals surface area contributed by atoms with E-state index in [0.29, 0.717) is 5.56 Å². The van der Waals surface area contributed by atoms with Crippen LogP contribution < -0.4 is 4.72 Å². The maximum atomic E-state index is 12.3. The number of hydrogen-bond acceptors (Lipinski definition) is 5. The zero-order valence-corrected chi connectivity index (χ0v) is 10.9. The van der Waals surface area contributed by atoms with Crippen LogP contribution in [0.5, 0.6) is 0 Å². The highest BCUT2D eigenvalue weighted by molar-refractivity contribution is 7.92. The average molecular weight is 277 g/mol. The van der Waals surface area contributed by atoms with Gasteiger partial charge in [-0.1, -0.05) is 0 Å². The molecule has 7 heteroatoms. The molecule has 0 amide bonds. The molecule has 0 radical (unpaired) electrons. The van der Waals surface area contributed by atoms with Crippen LogP contribution >= 0.6 is 0 Å². The van der Waals surface area contributed by atoms with Gasteiger partial charge in [0.15, 0.2) is 11.6 Å². The SMILES string of the molecule is CS(=O)(=O)Nc1ncccc1C(=O)c1ccncc1. The molecule has 98 valence electrons. The molecule has 2 aromatic rings. The van der Waals surface area contributed by atoms with Gasteiger partial charge in [0.2, 0.25) is 10.0 Å². The Balaban J connectivity index is 2.43. The van der Waals surface area contributed by atoms with Gasteiger partial charge in [0.25, 0.3) is 0 Å². The second-order valence-electron chi connectivity index (χ2n) is 3.84. The summed E-state index contributed by atoms with van der Waals surface area (Å²) in [7, 11) is -3.49. The first kappa shape index (κ1) is 13.2. The van der Waals surface area contributed by atoms with E-state index in [1.807, 2.05) is 0 Å². The summed E-state index contributed by atoms with van der Waals surface area (Å²) < 4.78 is 24.7. The zero-order chi connectivity index (χ0) is 13.9. The quantitative estimate of drug-likeness (QED) is 0.845. The number of sulfonamides is 1. The van der Waals surface area contributed by atoms with Gasteiger partial charge in [-0.15, -0.1) is 0 Å². The van der Waals surface area contributed by atoms with Gasteiger partial charge in [-0.25, -0.2) is 13.4 Å². The van der Waals surface area contributed by atoms with E-state index in [-0.39, 0.29) is 17.2 Å². The second-order valence-corrected chi connectivity index (χ2v) is 5.59. The van der Waals surface area contributed by atoms with Crippen molar-refractivity contribution in [1.29, 1.82) is 0 Å². The number of rotatable bonds is 4. The van der Waals surface area contributed by atoms with Crippen LogP contribution in [0.3, 0.4) is 0 Å². The molecule has 2 aromatic heterocycles. The van der Waals surface area contributed by atoms with Crippen LogP contribution in [0.4, 0.5) is 5.82 Å². The highest BCUT2D eigenvalue weighted by Gasteiger charge is 2.16. The number of nitrogens with zero attached hydrogens (tertiary/aromatic N) is 2. The van der Waals surface area contributed by atoms with Crippen LogP contribution in [-0.4, -0.2) is 30.4 Å². The first-order valence-corrected chi connectivity index (χ1v) is 7.24. The monoisotopic (exact) mass is 277 g/mol. The van der Waals surface area contributed by atoms with Gasteiger partial charge in [-0.3, -0.25) is 14.5 Å². The van der Waals surface area contributed by atoms with Crippen molar-refractivity contribution < 1.29 is 13.2 Å². The first-order chi connectivity index (χ1) is 8.97. The fourth-order valence-electron chi connectivity index (χ4n) is 1.50. The first-order valence-electron chi connectivity index (χ1n) is 5.35. The molecule has 0 aromatic carbocycles. The standard InChI is InChI=1S/C12H11N3O3S/c1-19(17,18)15-12-10(3-2-6-14-12)11(16)9-4-7-13-8-5-9/h2-8H,1H3,(H,14,15). The minimum Gasteiger partial charge on any atom is -0.288 e. The number of carbonyl (C=O) groups excluding carboxylic acids is 1. The van der Waals surface area contributed by atoms with Crippen molar-refractivity contribution in [3.8, 4) is 0 Å². The maximum Gasteiger partial charge on any atom is 0.230 e. The number of ketones is 1. The third-order valence-electron chi connectivity index (χ3n) is 2.28. The summed E-state index contributed by atoms with van der Waals surface area (Å²) in [5.74, 6) is -0.298. The maximum absolute atomic E-state index is 12.3. The summed E-state index contributed by atoms with van der Waals surface area (Å²) in [4.78, 5) is 20.0. The Morgan fingerprint density at radius 1 is 1.16 bits per heavy atom. The molecular formula is C12H11N3O3S. The van der Waals surface area contributed by atoms with E-state index in [9.17, 15) is 13.2 Å². The lowest BCUT2D eigenvalue weighted by molar-refractivity contribution is 0.103. The highest BCUT2D eigenvalue weighted by atomic mass is 32.2. The Labute approximate surface area is 110 Å². The van der Waals surface area contributed by atoms with Gasteiger partial charge in [0, 0.05) is 24.2 Å². The topological polar surface area (TPSA) is 89.0 Å². The van der Waals surface area contributed by atoms with Crippen LogP contribution in [0.25, 0.3) is 0 Å². The van der Waals surface area contributed by atoms with Crippen molar-refractivity contribution in [2.75, 3.05) is 11.0 Å². The van der Waals surface area contributed by atoms with Gasteiger partial charge in [-0.2, -0.15) is 0 Å². The van der Waals surface area contributed by atoms with Crippen molar-refractivity contribution in [2.24, 2.45) is 0 Å². The van der Waals surface area contributed by atoms with Gasteiger partial charge in [0.05, 0.1) is 11.8 Å². The molecule has 2 rings (SSSR count). The van der Waals surface area contributed by atoms with E-state index in [4.69, 9.17) is 0 Å². The van der Waals surface area contributed by atoms with E-state index < -0.39 is 10.0 Å². The number of anilines is 1. The Morgan fingerprint density at radius 2 is 1.84 bits per heavy atom. The molecule has 1 N–H and O–H groups in total. The molecule has 0 spiro atoms. The summed E-state index contributed by atoms with van der Waals surface area (Å²) in [6.07, 6.45) is 5.40. The van der Waals surface area contributed by atoms with Gasteiger partial charge in [-0.05, 0) is 24.3 Å². The summed E-state index contributed by atoms with van der Waals surface area (Å²) in [6.45, 7) is 0. The van der Waals surface area contributed by atoms with Crippen LogP contribution in [0.15, 0.2) is 42.9 Å². The molecule has 0 bridgehead atoms. The summed E-state index contributed by atoms with van der Waals surface area (Å²) in [5, 5.41) is 0. The van der Waals surface area contributed by atoms with Crippen LogP contribution in [0, 0.1) is 0 Å². The molecule has 0 atom stereocenters. The predicted octanol–water partition coefficient (Wildman–Crippen LogP) is 1.08. The molecule has 0 unspecified atom stereocenters. The molecule has 0 aliphatic rings. The van der Waals surface area contributed by atoms with E-state index >= 15 is 0 Å². The van der Waals surface area contributed by atoms with Crippen molar-refractivity contribution >= 4 is 21.6 Å². The molecule has 0 aliphatic heterocycles. The summed E-state index contributed by atoms with van der Waals surface area (Å²) in [5.41, 5.74) is 0.610. The van der Waals surface area contributed by atoms with E-state index in [0.717, 1.165) is 6.26 Å². The second kappa shape index (κ2) is 5.15. The zero-order valence-electron chi connectivity index (χ0n) is 10.1. The van der Waals surface area contributed by atoms with Crippen LogP contribution in [0.1, 0.15) is 15.9 Å². The number of carbonyl (C=O) groups is 1. The third-order valence-corrected chi connectivity index (χ3v) is 2.84. The van der Waals surface area contributed by atoms with E-state index in [2.05, 4.69) is 14.7 Å². The minimum atomic E-state index is -3.49. The fourth-order valence-corrected chi connectivity index (χ4v) is 2.02. The molecular weight excluding hydrogens is 266 g/mol. The molecule has 0 aliphatic carbocycles. The molecule has 19 heavy (non-hydrogen) atoms. The Bertz CT molecular complexity index is 699. The lowest BCUT2D eigenvalue weighted by Crippen LogP contribution is -2.15. The van der Waals surface area contributed by atoms with Crippen molar-refractivity contribution in [1.82, 2.24) is 9.97 Å². The molecule has 0 fully saturated rings. The number of aromatic nitrogens is 2. The Morgan fingerprint density at radius 3 is 2.47 bits per heavy atom. The van der Waals surface area contributed by atoms with Crippen molar-refractivity contribution in [3.63, 3.8) is 0 Å². The lowest BCUT2D eigenvalue weighted by Gasteiger charge is -2.08. The van der Waals surface area contributed by atoms with Crippen LogP contribution in [-0.2, 0) is 10.0 Å². The van der Waals surface area contributed by atoms with Gasteiger partial charge < -0.3 is 0 Å². The molecule has 0 saturated heterocycles. The smallest absolute Gasteiger partial charge is 0.230 e. The van der Waals surface area contributed by atoms with Crippen LogP contribution in [0.2, 0.25) is 0 Å². The largest absolute Gasteiger partial charge is 0.288 e. The highest BCUT2D eigenvalue weighted by Crippen LogP contribution is 2.17. The van der Waals surface area contributed by atoms with Gasteiger partial charge in [0.1, 0.15) is 0 Å². The molecule has 0 saturated carbocycles. The predicted molar refractivity (Wildman–Crippen MR) is 70.4 cm³/mol. The number of pyridine rings is 2. The average Bonchev–Trinajstić information content (AvgIpc) is 2.38. The molecule has 2 heterocycles. The molecule has 6 nitrogen and oxygen atoms in total. The number of nitrogens with one attached hydrogen (secondary N) is 1. The Hall–Kier alpha value is -2.28. The Kier molecular flexibility index (Phi) is 3.57. The number of hydrogen-bond donors (Lipinski definition) is 1. The van der Waals surface area contributed by atoms with E-state index in [1.54, 1.807) is 18.2 Å². The summed E-state index contributed by atoms with van der Waals surface area (Å²) in [6, 6.07) is 6.20. The third kappa shape index (κ3) is 3.35. The fraction of sp³-hybridized carbons (Fsp3) is 0.0833. The minimum absolute atomic E-state index is 0.0202.